The van der Waals surface area contributed by atoms with Crippen molar-refractivity contribution >= 4 is 0 Å². The Balaban J connectivity index is 1.65. The van der Waals surface area contributed by atoms with Gasteiger partial charge < -0.3 is 0 Å². The molecule has 4 rings (SSSR count). The molecule has 0 radical (unpaired) electrons. The summed E-state index contributed by atoms with van der Waals surface area (Å²) in [5, 5.41) is 0. The molecule has 0 heterocycles. The third kappa shape index (κ3) is 1.20. The Labute approximate surface area is 93.8 Å². The van der Waals surface area contributed by atoms with E-state index in [1.54, 1.807) is 57.8 Å². The molecule has 0 bridgehead atoms. The SMILES string of the molecule is C1CC2CC3CCC[C@H]3C3CCC3C2C1. The summed E-state index contributed by atoms with van der Waals surface area (Å²) < 4.78 is 0. The molecular formula is C15H24. The minimum atomic E-state index is 1.17. The topological polar surface area (TPSA) is 0 Å². The average molecular weight is 204 g/mol. The van der Waals surface area contributed by atoms with Crippen molar-refractivity contribution in [2.24, 2.45) is 35.5 Å². The van der Waals surface area contributed by atoms with Crippen molar-refractivity contribution in [3.05, 3.63) is 0 Å². The van der Waals surface area contributed by atoms with Crippen LogP contribution in [-0.4, -0.2) is 0 Å². The van der Waals surface area contributed by atoms with E-state index in [1.807, 2.05) is 0 Å². The quantitative estimate of drug-likeness (QED) is 0.553. The largest absolute Gasteiger partial charge is 0.0527 e. The van der Waals surface area contributed by atoms with Crippen LogP contribution in [0.4, 0.5) is 0 Å². The van der Waals surface area contributed by atoms with Gasteiger partial charge in [0.1, 0.15) is 0 Å². The number of rotatable bonds is 0. The summed E-state index contributed by atoms with van der Waals surface area (Å²) in [6.45, 7) is 0. The van der Waals surface area contributed by atoms with Crippen LogP contribution in [0.5, 0.6) is 0 Å². The smallest absolute Gasteiger partial charge is 0.0352 e. The third-order valence-electron chi connectivity index (χ3n) is 6.52. The molecule has 4 fully saturated rings. The van der Waals surface area contributed by atoms with E-state index in [4.69, 9.17) is 0 Å². The fourth-order valence-electron chi connectivity index (χ4n) is 5.85. The highest BCUT2D eigenvalue weighted by molar-refractivity contribution is 5.01. The zero-order chi connectivity index (χ0) is 9.83. The molecule has 0 aromatic rings. The Morgan fingerprint density at radius 1 is 0.467 bits per heavy atom. The first-order chi connectivity index (χ1) is 7.43. The van der Waals surface area contributed by atoms with Crippen LogP contribution >= 0.6 is 0 Å². The van der Waals surface area contributed by atoms with E-state index in [2.05, 4.69) is 0 Å². The molecule has 4 aliphatic carbocycles. The Morgan fingerprint density at radius 3 is 1.47 bits per heavy atom. The lowest BCUT2D eigenvalue weighted by molar-refractivity contribution is 0.0522. The molecule has 0 aromatic heterocycles. The lowest BCUT2D eigenvalue weighted by Crippen LogP contribution is -2.36. The van der Waals surface area contributed by atoms with Gasteiger partial charge in [0, 0.05) is 0 Å². The number of hydrogen-bond donors (Lipinski definition) is 0. The number of hydrogen-bond acceptors (Lipinski definition) is 0. The molecule has 0 saturated heterocycles. The van der Waals surface area contributed by atoms with Crippen molar-refractivity contribution in [1.29, 1.82) is 0 Å². The van der Waals surface area contributed by atoms with Crippen LogP contribution < -0.4 is 0 Å². The molecule has 6 atom stereocenters. The molecule has 0 spiro atoms. The molecule has 0 aromatic carbocycles. The Hall–Kier alpha value is 0. The molecule has 15 heavy (non-hydrogen) atoms. The second-order valence-corrected chi connectivity index (χ2v) is 6.85. The van der Waals surface area contributed by atoms with Crippen molar-refractivity contribution < 1.29 is 0 Å². The Bertz CT molecular complexity index is 231. The highest BCUT2D eigenvalue weighted by Gasteiger charge is 2.51. The van der Waals surface area contributed by atoms with E-state index in [0.717, 1.165) is 0 Å². The van der Waals surface area contributed by atoms with Gasteiger partial charge in [0.25, 0.3) is 0 Å². The summed E-state index contributed by atoms with van der Waals surface area (Å²) in [6.07, 6.45) is 14.4. The predicted octanol–water partition coefficient (Wildman–Crippen LogP) is 4.25. The van der Waals surface area contributed by atoms with Gasteiger partial charge in [-0.1, -0.05) is 25.7 Å². The van der Waals surface area contributed by atoms with Gasteiger partial charge in [0.2, 0.25) is 0 Å². The summed E-state index contributed by atoms with van der Waals surface area (Å²) in [7, 11) is 0. The van der Waals surface area contributed by atoms with Gasteiger partial charge in [0.05, 0.1) is 0 Å². The van der Waals surface area contributed by atoms with Crippen molar-refractivity contribution in [1.82, 2.24) is 0 Å². The number of fused-ring (bicyclic) bond motifs is 5. The zero-order valence-electron chi connectivity index (χ0n) is 9.83. The summed E-state index contributed by atoms with van der Waals surface area (Å²) in [5.74, 6) is 7.12. The van der Waals surface area contributed by atoms with Crippen molar-refractivity contribution in [2.75, 3.05) is 0 Å². The van der Waals surface area contributed by atoms with Gasteiger partial charge in [-0.25, -0.2) is 0 Å². The highest BCUT2D eigenvalue weighted by atomic mass is 14.6. The first-order valence-corrected chi connectivity index (χ1v) is 7.43. The molecule has 5 unspecified atom stereocenters. The summed E-state index contributed by atoms with van der Waals surface area (Å²) in [6, 6.07) is 0. The minimum absolute atomic E-state index is 1.17. The van der Waals surface area contributed by atoms with Crippen LogP contribution in [0.3, 0.4) is 0 Å². The maximum atomic E-state index is 1.64. The van der Waals surface area contributed by atoms with Gasteiger partial charge in [-0.05, 0) is 67.6 Å². The van der Waals surface area contributed by atoms with E-state index in [1.165, 1.54) is 35.5 Å². The first kappa shape index (κ1) is 9.07. The van der Waals surface area contributed by atoms with Gasteiger partial charge in [-0.15, -0.1) is 0 Å². The predicted molar refractivity (Wildman–Crippen MR) is 62.5 cm³/mol. The summed E-state index contributed by atoms with van der Waals surface area (Å²) in [5.41, 5.74) is 0. The molecule has 0 heteroatoms. The Morgan fingerprint density at radius 2 is 1.00 bits per heavy atom. The molecule has 0 aliphatic heterocycles. The lowest BCUT2D eigenvalue weighted by atomic mass is 9.61. The molecule has 0 nitrogen and oxygen atoms in total. The Kier molecular flexibility index (Phi) is 1.96. The monoisotopic (exact) mass is 204 g/mol. The van der Waals surface area contributed by atoms with E-state index < -0.39 is 0 Å². The third-order valence-corrected chi connectivity index (χ3v) is 6.52. The maximum Gasteiger partial charge on any atom is -0.0352 e. The average Bonchev–Trinajstić information content (AvgIpc) is 2.76. The van der Waals surface area contributed by atoms with Crippen LogP contribution in [0.1, 0.15) is 57.8 Å². The molecule has 4 saturated carbocycles. The van der Waals surface area contributed by atoms with Crippen molar-refractivity contribution in [3.8, 4) is 0 Å². The molecule has 84 valence electrons. The first-order valence-electron chi connectivity index (χ1n) is 7.43. The summed E-state index contributed by atoms with van der Waals surface area (Å²) >= 11 is 0. The van der Waals surface area contributed by atoms with Crippen LogP contribution in [-0.2, 0) is 0 Å². The van der Waals surface area contributed by atoms with Gasteiger partial charge in [-0.3, -0.25) is 0 Å². The normalized spacial score (nSPS) is 57.6. The minimum Gasteiger partial charge on any atom is -0.0527 e. The standard InChI is InChI=1S/C15H24/c1-3-10-9-11-4-2-6-13(11)15-8-7-14(15)12(10)5-1/h10-15H,1-9H2/t10?,11?,12-,13?,14?,15?/m1/s1. The fraction of sp³-hybridized carbons (Fsp3) is 1.00. The van der Waals surface area contributed by atoms with E-state index in [0.29, 0.717) is 0 Å². The van der Waals surface area contributed by atoms with Gasteiger partial charge in [-0.2, -0.15) is 0 Å². The highest BCUT2D eigenvalue weighted by Crippen LogP contribution is 2.60. The van der Waals surface area contributed by atoms with Crippen molar-refractivity contribution in [2.45, 2.75) is 57.8 Å². The molecule has 0 N–H and O–H groups in total. The zero-order valence-corrected chi connectivity index (χ0v) is 9.83. The van der Waals surface area contributed by atoms with Crippen LogP contribution in [0.2, 0.25) is 0 Å². The molecular weight excluding hydrogens is 180 g/mol. The maximum absolute atomic E-state index is 1.64. The summed E-state index contributed by atoms with van der Waals surface area (Å²) in [4.78, 5) is 0. The lowest BCUT2D eigenvalue weighted by Gasteiger charge is -2.44. The molecule has 0 amide bonds. The molecule has 4 aliphatic rings. The van der Waals surface area contributed by atoms with E-state index in [9.17, 15) is 0 Å². The van der Waals surface area contributed by atoms with Gasteiger partial charge >= 0.3 is 0 Å². The van der Waals surface area contributed by atoms with Crippen molar-refractivity contribution in [3.63, 3.8) is 0 Å². The van der Waals surface area contributed by atoms with Crippen LogP contribution in [0, 0.1) is 35.5 Å². The second kappa shape index (κ2) is 3.25. The fourth-order valence-corrected chi connectivity index (χ4v) is 5.85. The second-order valence-electron chi connectivity index (χ2n) is 6.85. The van der Waals surface area contributed by atoms with E-state index >= 15 is 0 Å². The van der Waals surface area contributed by atoms with Crippen LogP contribution in [0.15, 0.2) is 0 Å². The van der Waals surface area contributed by atoms with Gasteiger partial charge in [0.15, 0.2) is 0 Å². The van der Waals surface area contributed by atoms with E-state index in [-0.39, 0.29) is 0 Å². The van der Waals surface area contributed by atoms with Crippen LogP contribution in [0.25, 0.3) is 0 Å².